The van der Waals surface area contributed by atoms with Crippen molar-refractivity contribution in [3.63, 3.8) is 0 Å². The number of hydrogen-bond donors (Lipinski definition) is 3. The Kier molecular flexibility index (Phi) is 4.33. The lowest BCUT2D eigenvalue weighted by molar-refractivity contribution is 0.205. The SMILES string of the molecule is c1cc2[nH]nc(-c3cc4cc(OCCCN5CCCCC5)ccc4[nH]3)c2[nH]1. The number of aromatic amines is 3. The molecule has 4 aromatic rings. The second-order valence-corrected chi connectivity index (χ2v) is 7.37. The minimum Gasteiger partial charge on any atom is -0.494 e. The van der Waals surface area contributed by atoms with Crippen molar-refractivity contribution in [1.29, 1.82) is 0 Å². The molecule has 3 aromatic heterocycles. The first-order chi connectivity index (χ1) is 13.4. The summed E-state index contributed by atoms with van der Waals surface area (Å²) in [7, 11) is 0. The third-order valence-corrected chi connectivity index (χ3v) is 5.46. The highest BCUT2D eigenvalue weighted by molar-refractivity contribution is 5.94. The van der Waals surface area contributed by atoms with Crippen molar-refractivity contribution in [3.05, 3.63) is 36.5 Å². The fourth-order valence-electron chi connectivity index (χ4n) is 4.01. The monoisotopic (exact) mass is 363 g/mol. The molecule has 140 valence electrons. The van der Waals surface area contributed by atoms with E-state index in [9.17, 15) is 0 Å². The summed E-state index contributed by atoms with van der Waals surface area (Å²) in [6.07, 6.45) is 7.08. The van der Waals surface area contributed by atoms with Crippen molar-refractivity contribution in [2.45, 2.75) is 25.7 Å². The lowest BCUT2D eigenvalue weighted by atomic mass is 10.1. The normalized spacial score (nSPS) is 15.7. The topological polar surface area (TPSA) is 72.7 Å². The van der Waals surface area contributed by atoms with Gasteiger partial charge in [0.2, 0.25) is 0 Å². The van der Waals surface area contributed by atoms with Crippen LogP contribution in [0.15, 0.2) is 36.5 Å². The van der Waals surface area contributed by atoms with Crippen LogP contribution in [0, 0.1) is 0 Å². The van der Waals surface area contributed by atoms with E-state index < -0.39 is 0 Å². The molecule has 0 unspecified atom stereocenters. The zero-order valence-electron chi connectivity index (χ0n) is 15.4. The van der Waals surface area contributed by atoms with Crippen LogP contribution in [0.4, 0.5) is 0 Å². The van der Waals surface area contributed by atoms with E-state index in [1.165, 1.54) is 32.4 Å². The molecule has 0 spiro atoms. The van der Waals surface area contributed by atoms with E-state index in [2.05, 4.69) is 43.3 Å². The third-order valence-electron chi connectivity index (χ3n) is 5.46. The number of piperidine rings is 1. The molecule has 0 atom stereocenters. The molecular formula is C21H25N5O. The van der Waals surface area contributed by atoms with Crippen LogP contribution in [-0.4, -0.2) is 51.3 Å². The highest BCUT2D eigenvalue weighted by Gasteiger charge is 2.12. The smallest absolute Gasteiger partial charge is 0.132 e. The van der Waals surface area contributed by atoms with Gasteiger partial charge >= 0.3 is 0 Å². The summed E-state index contributed by atoms with van der Waals surface area (Å²) < 4.78 is 5.99. The predicted octanol–water partition coefficient (Wildman–Crippen LogP) is 4.29. The molecule has 0 aliphatic carbocycles. The first-order valence-corrected chi connectivity index (χ1v) is 9.86. The van der Waals surface area contributed by atoms with Gasteiger partial charge in [-0.2, -0.15) is 5.10 Å². The predicted molar refractivity (Wildman–Crippen MR) is 108 cm³/mol. The van der Waals surface area contributed by atoms with Crippen molar-refractivity contribution in [2.24, 2.45) is 0 Å². The molecule has 1 aliphatic rings. The Morgan fingerprint density at radius 3 is 2.89 bits per heavy atom. The largest absolute Gasteiger partial charge is 0.494 e. The fourth-order valence-corrected chi connectivity index (χ4v) is 4.01. The molecule has 6 nitrogen and oxygen atoms in total. The average Bonchev–Trinajstić information content (AvgIpc) is 3.40. The number of nitrogens with one attached hydrogen (secondary N) is 3. The Morgan fingerprint density at radius 2 is 1.96 bits per heavy atom. The molecule has 27 heavy (non-hydrogen) atoms. The van der Waals surface area contributed by atoms with E-state index in [1.54, 1.807) is 0 Å². The van der Waals surface area contributed by atoms with Gasteiger partial charge in [-0.1, -0.05) is 6.42 Å². The van der Waals surface area contributed by atoms with Gasteiger partial charge in [0.15, 0.2) is 0 Å². The van der Waals surface area contributed by atoms with Crippen LogP contribution in [0.5, 0.6) is 5.75 Å². The zero-order valence-corrected chi connectivity index (χ0v) is 15.4. The maximum absolute atomic E-state index is 5.99. The summed E-state index contributed by atoms with van der Waals surface area (Å²) in [5.41, 5.74) is 5.04. The summed E-state index contributed by atoms with van der Waals surface area (Å²) in [6, 6.07) is 10.3. The minimum absolute atomic E-state index is 0.766. The van der Waals surface area contributed by atoms with Crippen LogP contribution in [0.1, 0.15) is 25.7 Å². The van der Waals surface area contributed by atoms with Gasteiger partial charge in [-0.3, -0.25) is 5.10 Å². The van der Waals surface area contributed by atoms with E-state index in [0.717, 1.165) is 58.6 Å². The molecule has 0 radical (unpaired) electrons. The number of aromatic nitrogens is 4. The second-order valence-electron chi connectivity index (χ2n) is 7.37. The Morgan fingerprint density at radius 1 is 1.04 bits per heavy atom. The fraction of sp³-hybridized carbons (Fsp3) is 0.381. The van der Waals surface area contributed by atoms with Gasteiger partial charge in [-0.15, -0.1) is 0 Å². The number of nitrogens with zero attached hydrogens (tertiary/aromatic N) is 2. The van der Waals surface area contributed by atoms with E-state index >= 15 is 0 Å². The van der Waals surface area contributed by atoms with Gasteiger partial charge in [0.25, 0.3) is 0 Å². The van der Waals surface area contributed by atoms with Crippen molar-refractivity contribution < 1.29 is 4.74 Å². The highest BCUT2D eigenvalue weighted by Crippen LogP contribution is 2.29. The van der Waals surface area contributed by atoms with Crippen LogP contribution in [-0.2, 0) is 0 Å². The van der Waals surface area contributed by atoms with Crippen LogP contribution in [0.25, 0.3) is 33.3 Å². The zero-order chi connectivity index (χ0) is 18.1. The van der Waals surface area contributed by atoms with Crippen LogP contribution in [0.3, 0.4) is 0 Å². The molecule has 1 saturated heterocycles. The number of benzene rings is 1. The molecule has 0 saturated carbocycles. The van der Waals surface area contributed by atoms with Crippen molar-refractivity contribution in [2.75, 3.05) is 26.2 Å². The van der Waals surface area contributed by atoms with Gasteiger partial charge in [-0.05, 0) is 62.7 Å². The number of likely N-dealkylation sites (tertiary alicyclic amines) is 1. The summed E-state index contributed by atoms with van der Waals surface area (Å²) in [5.74, 6) is 0.929. The van der Waals surface area contributed by atoms with Gasteiger partial charge < -0.3 is 19.6 Å². The molecule has 0 amide bonds. The summed E-state index contributed by atoms with van der Waals surface area (Å²) in [4.78, 5) is 9.25. The van der Waals surface area contributed by atoms with Crippen molar-refractivity contribution >= 4 is 21.9 Å². The molecule has 1 aliphatic heterocycles. The number of H-pyrrole nitrogens is 3. The first-order valence-electron chi connectivity index (χ1n) is 9.86. The van der Waals surface area contributed by atoms with Gasteiger partial charge in [0.05, 0.1) is 23.3 Å². The van der Waals surface area contributed by atoms with Crippen molar-refractivity contribution in [1.82, 2.24) is 25.1 Å². The lowest BCUT2D eigenvalue weighted by Crippen LogP contribution is -2.31. The molecular weight excluding hydrogens is 338 g/mol. The first kappa shape index (κ1) is 16.4. The third kappa shape index (κ3) is 3.32. The van der Waals surface area contributed by atoms with Gasteiger partial charge in [0.1, 0.15) is 11.4 Å². The molecule has 4 heterocycles. The molecule has 1 aromatic carbocycles. The molecule has 3 N–H and O–H groups in total. The van der Waals surface area contributed by atoms with Gasteiger partial charge in [-0.25, -0.2) is 0 Å². The maximum atomic E-state index is 5.99. The number of rotatable bonds is 6. The summed E-state index contributed by atoms with van der Waals surface area (Å²) in [5, 5.41) is 8.62. The minimum atomic E-state index is 0.766. The average molecular weight is 363 g/mol. The number of fused-ring (bicyclic) bond motifs is 2. The van der Waals surface area contributed by atoms with Crippen LogP contribution < -0.4 is 4.74 Å². The summed E-state index contributed by atoms with van der Waals surface area (Å²) >= 11 is 0. The molecule has 1 fully saturated rings. The van der Waals surface area contributed by atoms with Crippen LogP contribution >= 0.6 is 0 Å². The van der Waals surface area contributed by atoms with Crippen molar-refractivity contribution in [3.8, 4) is 17.1 Å². The molecule has 5 rings (SSSR count). The number of ether oxygens (including phenoxy) is 1. The van der Waals surface area contributed by atoms with E-state index in [1.807, 2.05) is 18.3 Å². The quantitative estimate of drug-likeness (QED) is 0.447. The van der Waals surface area contributed by atoms with Crippen LogP contribution in [0.2, 0.25) is 0 Å². The summed E-state index contributed by atoms with van der Waals surface area (Å²) in [6.45, 7) is 4.41. The lowest BCUT2D eigenvalue weighted by Gasteiger charge is -2.26. The standard InChI is InChI=1S/C21H25N5O/c1-2-9-26(10-3-1)11-4-12-27-16-5-6-17-15(13-16)14-19(23-17)21-20-18(24-25-21)7-8-22-20/h5-8,13-14,22-23H,1-4,9-12H2,(H,24,25). The van der Waals surface area contributed by atoms with E-state index in [0.29, 0.717) is 0 Å². The molecule has 6 heteroatoms. The number of hydrogen-bond acceptors (Lipinski definition) is 3. The Hall–Kier alpha value is -2.73. The Bertz CT molecular complexity index is 1040. The second kappa shape index (κ2) is 7.12. The maximum Gasteiger partial charge on any atom is 0.132 e. The van der Waals surface area contributed by atoms with E-state index in [4.69, 9.17) is 4.74 Å². The van der Waals surface area contributed by atoms with Gasteiger partial charge in [0, 0.05) is 23.6 Å². The molecule has 0 bridgehead atoms. The Balaban J connectivity index is 1.26. The highest BCUT2D eigenvalue weighted by atomic mass is 16.5. The Labute approximate surface area is 157 Å². The van der Waals surface area contributed by atoms with E-state index in [-0.39, 0.29) is 0 Å².